The van der Waals surface area contributed by atoms with E-state index in [-0.39, 0.29) is 48.4 Å². The highest BCUT2D eigenvalue weighted by atomic mass is 16.6. The first kappa shape index (κ1) is 36.3. The summed E-state index contributed by atoms with van der Waals surface area (Å²) in [5.41, 5.74) is 0. The average molecular weight is 633 g/mol. The lowest BCUT2D eigenvalue weighted by molar-refractivity contribution is -0.160. The number of carbonyl (C=O) groups excluding carboxylic acids is 5. The first-order valence-corrected chi connectivity index (χ1v) is 16.9. The molecule has 10 nitrogen and oxygen atoms in total. The molecule has 0 aromatic rings. The fraction of sp³-hybridized carbons (Fsp3) is 0.743. The Bertz CT molecular complexity index is 982. The first-order valence-electron chi connectivity index (χ1n) is 16.9. The predicted molar refractivity (Wildman–Crippen MR) is 165 cm³/mol. The van der Waals surface area contributed by atoms with Crippen LogP contribution in [0.25, 0.3) is 0 Å². The van der Waals surface area contributed by atoms with Gasteiger partial charge in [0.15, 0.2) is 0 Å². The number of rotatable bonds is 17. The van der Waals surface area contributed by atoms with Crippen molar-refractivity contribution in [1.29, 1.82) is 0 Å². The number of carbonyl (C=O) groups is 5. The lowest BCUT2D eigenvalue weighted by Crippen LogP contribution is -2.33. The molecular weight excluding hydrogens is 580 g/mol. The van der Waals surface area contributed by atoms with Crippen molar-refractivity contribution in [2.75, 3.05) is 26.4 Å². The van der Waals surface area contributed by atoms with Gasteiger partial charge in [0, 0.05) is 12.2 Å². The summed E-state index contributed by atoms with van der Waals surface area (Å²) in [4.78, 5) is 59.9. The molecule has 3 saturated carbocycles. The monoisotopic (exact) mass is 632 g/mol. The van der Waals surface area contributed by atoms with E-state index in [1.54, 1.807) is 0 Å². The van der Waals surface area contributed by atoms with Crippen LogP contribution in [0.1, 0.15) is 103 Å². The summed E-state index contributed by atoms with van der Waals surface area (Å²) < 4.78 is 26.6. The normalized spacial score (nSPS) is 26.5. The highest BCUT2D eigenvalue weighted by Crippen LogP contribution is 2.42. The van der Waals surface area contributed by atoms with Crippen molar-refractivity contribution in [1.82, 2.24) is 0 Å². The molecule has 0 radical (unpaired) electrons. The SMILES string of the molecule is C=CC(=O)OCCCCOC(=O)C1CCC(OC(=O)C2CCC(C3CCC(C(=O)OCCCCOC(=O)C=C)CC3)CC2)CC1. The van der Waals surface area contributed by atoms with Crippen molar-refractivity contribution in [3.63, 3.8) is 0 Å². The minimum Gasteiger partial charge on any atom is -0.465 e. The Labute approximate surface area is 267 Å². The van der Waals surface area contributed by atoms with Gasteiger partial charge in [-0.05, 0) is 115 Å². The Hall–Kier alpha value is -3.17. The van der Waals surface area contributed by atoms with Crippen molar-refractivity contribution in [2.24, 2.45) is 29.6 Å². The smallest absolute Gasteiger partial charge is 0.330 e. The van der Waals surface area contributed by atoms with Crippen LogP contribution < -0.4 is 0 Å². The molecule has 0 unspecified atom stereocenters. The maximum atomic E-state index is 12.9. The Morgan fingerprint density at radius 2 is 0.800 bits per heavy atom. The van der Waals surface area contributed by atoms with Gasteiger partial charge in [0.25, 0.3) is 0 Å². The van der Waals surface area contributed by atoms with E-state index in [4.69, 9.17) is 23.7 Å². The molecule has 0 atom stereocenters. The fourth-order valence-electron chi connectivity index (χ4n) is 6.78. The lowest BCUT2D eigenvalue weighted by Gasteiger charge is -2.37. The molecule has 0 heterocycles. The molecule has 252 valence electrons. The lowest BCUT2D eigenvalue weighted by atomic mass is 9.69. The summed E-state index contributed by atoms with van der Waals surface area (Å²) in [5.74, 6) is -0.377. The summed E-state index contributed by atoms with van der Waals surface area (Å²) in [6, 6.07) is 0. The van der Waals surface area contributed by atoms with Crippen LogP contribution in [0.5, 0.6) is 0 Å². The van der Waals surface area contributed by atoms with Gasteiger partial charge in [-0.1, -0.05) is 13.2 Å². The molecule has 0 spiro atoms. The molecule has 3 fully saturated rings. The highest BCUT2D eigenvalue weighted by molar-refractivity contribution is 5.81. The van der Waals surface area contributed by atoms with Gasteiger partial charge in [0.1, 0.15) is 6.10 Å². The largest absolute Gasteiger partial charge is 0.465 e. The topological polar surface area (TPSA) is 132 Å². The summed E-state index contributed by atoms with van der Waals surface area (Å²) in [6.45, 7) is 7.92. The second kappa shape index (κ2) is 20.1. The van der Waals surface area contributed by atoms with E-state index < -0.39 is 11.9 Å². The molecular formula is C35H52O10. The quantitative estimate of drug-likeness (QED) is 0.0838. The minimum absolute atomic E-state index is 0.0382. The van der Waals surface area contributed by atoms with Crippen molar-refractivity contribution in [3.05, 3.63) is 25.3 Å². The van der Waals surface area contributed by atoms with Gasteiger partial charge in [-0.25, -0.2) is 9.59 Å². The number of unbranched alkanes of at least 4 members (excludes halogenated alkanes) is 2. The second-order valence-electron chi connectivity index (χ2n) is 12.6. The summed E-state index contributed by atoms with van der Waals surface area (Å²) >= 11 is 0. The van der Waals surface area contributed by atoms with Gasteiger partial charge in [0.2, 0.25) is 0 Å². The molecule has 45 heavy (non-hydrogen) atoms. The molecule has 10 heteroatoms. The van der Waals surface area contributed by atoms with E-state index in [9.17, 15) is 24.0 Å². The third kappa shape index (κ3) is 13.0. The standard InChI is InChI=1S/C35H52O10/c1-3-31(36)41-21-5-7-23-43-33(38)27-13-9-25(10-14-27)26-11-15-29(16-12-26)35(40)45-30-19-17-28(18-20-30)34(39)44-24-8-6-22-42-32(37)4-2/h3-4,25-30H,1-2,5-24H2. The van der Waals surface area contributed by atoms with E-state index in [0.29, 0.717) is 83.0 Å². The van der Waals surface area contributed by atoms with Crippen molar-refractivity contribution >= 4 is 29.8 Å². The van der Waals surface area contributed by atoms with Gasteiger partial charge >= 0.3 is 29.8 Å². The third-order valence-electron chi connectivity index (χ3n) is 9.56. The van der Waals surface area contributed by atoms with Crippen LogP contribution in [0.15, 0.2) is 25.3 Å². The maximum Gasteiger partial charge on any atom is 0.330 e. The van der Waals surface area contributed by atoms with Gasteiger partial charge in [-0.3, -0.25) is 14.4 Å². The number of ether oxygens (including phenoxy) is 5. The van der Waals surface area contributed by atoms with E-state index in [0.717, 1.165) is 63.5 Å². The van der Waals surface area contributed by atoms with Gasteiger partial charge in [0.05, 0.1) is 44.2 Å². The average Bonchev–Trinajstić information content (AvgIpc) is 3.07. The van der Waals surface area contributed by atoms with E-state index in [1.165, 1.54) is 0 Å². The Balaban J connectivity index is 1.22. The molecule has 0 amide bonds. The zero-order valence-corrected chi connectivity index (χ0v) is 26.8. The molecule has 0 saturated heterocycles. The van der Waals surface area contributed by atoms with Gasteiger partial charge in [-0.15, -0.1) is 0 Å². The second-order valence-corrected chi connectivity index (χ2v) is 12.6. The summed E-state index contributed by atoms with van der Waals surface area (Å²) in [7, 11) is 0. The summed E-state index contributed by atoms with van der Waals surface area (Å²) in [5, 5.41) is 0. The molecule has 0 aliphatic heterocycles. The molecule has 0 N–H and O–H groups in total. The van der Waals surface area contributed by atoms with Crippen molar-refractivity contribution in [3.8, 4) is 0 Å². The van der Waals surface area contributed by atoms with Crippen molar-refractivity contribution < 1.29 is 47.7 Å². The number of esters is 5. The fourth-order valence-corrected chi connectivity index (χ4v) is 6.78. The van der Waals surface area contributed by atoms with E-state index in [1.807, 2.05) is 0 Å². The van der Waals surface area contributed by atoms with Crippen LogP contribution in [0.2, 0.25) is 0 Å². The molecule has 3 aliphatic rings. The van der Waals surface area contributed by atoms with Crippen LogP contribution in [0.4, 0.5) is 0 Å². The molecule has 0 bridgehead atoms. The first-order chi connectivity index (χ1) is 21.8. The Kier molecular flexibility index (Phi) is 16.2. The van der Waals surface area contributed by atoms with Crippen LogP contribution in [0.3, 0.4) is 0 Å². The molecule has 3 rings (SSSR count). The number of hydrogen-bond donors (Lipinski definition) is 0. The molecule has 0 aromatic heterocycles. The van der Waals surface area contributed by atoms with Crippen LogP contribution >= 0.6 is 0 Å². The minimum atomic E-state index is -0.454. The Morgan fingerprint density at radius 3 is 1.18 bits per heavy atom. The van der Waals surface area contributed by atoms with Gasteiger partial charge in [-0.2, -0.15) is 0 Å². The third-order valence-corrected chi connectivity index (χ3v) is 9.56. The molecule has 3 aliphatic carbocycles. The van der Waals surface area contributed by atoms with E-state index >= 15 is 0 Å². The Morgan fingerprint density at radius 1 is 0.467 bits per heavy atom. The van der Waals surface area contributed by atoms with E-state index in [2.05, 4.69) is 13.2 Å². The van der Waals surface area contributed by atoms with Crippen LogP contribution in [-0.2, 0) is 47.7 Å². The zero-order chi connectivity index (χ0) is 32.4. The maximum absolute atomic E-state index is 12.9. The van der Waals surface area contributed by atoms with Gasteiger partial charge < -0.3 is 23.7 Å². The van der Waals surface area contributed by atoms with Crippen LogP contribution in [-0.4, -0.2) is 62.4 Å². The number of hydrogen-bond acceptors (Lipinski definition) is 10. The van der Waals surface area contributed by atoms with Crippen LogP contribution in [0, 0.1) is 29.6 Å². The predicted octanol–water partition coefficient (Wildman–Crippen LogP) is 5.81. The van der Waals surface area contributed by atoms with Crippen molar-refractivity contribution in [2.45, 2.75) is 109 Å². The summed E-state index contributed by atoms with van der Waals surface area (Å²) in [6.07, 6.45) is 14.8. The highest BCUT2D eigenvalue weighted by Gasteiger charge is 2.36. The molecule has 0 aromatic carbocycles. The zero-order valence-electron chi connectivity index (χ0n) is 26.8.